The first-order chi connectivity index (χ1) is 26.9. The van der Waals surface area contributed by atoms with Crippen LogP contribution >= 0.6 is 12.4 Å². The second-order valence-electron chi connectivity index (χ2n) is 13.2. The van der Waals surface area contributed by atoms with Crippen molar-refractivity contribution in [2.75, 3.05) is 52.7 Å². The molecule has 2 aliphatic rings. The molecule has 11 nitrogen and oxygen atoms in total. The summed E-state index contributed by atoms with van der Waals surface area (Å²) in [5, 5.41) is 5.41. The van der Waals surface area contributed by atoms with E-state index in [0.717, 1.165) is 55.7 Å². The summed E-state index contributed by atoms with van der Waals surface area (Å²) in [6, 6.07) is 34.9. The van der Waals surface area contributed by atoms with Gasteiger partial charge >= 0.3 is 0 Å². The molecule has 4 aromatic carbocycles. The zero-order chi connectivity index (χ0) is 38.3. The van der Waals surface area contributed by atoms with Crippen LogP contribution in [0, 0.1) is 0 Å². The van der Waals surface area contributed by atoms with Gasteiger partial charge in [0.2, 0.25) is 0 Å². The van der Waals surface area contributed by atoms with Gasteiger partial charge in [-0.1, -0.05) is 60.7 Å². The van der Waals surface area contributed by atoms with Gasteiger partial charge in [-0.3, -0.25) is 4.79 Å². The summed E-state index contributed by atoms with van der Waals surface area (Å²) in [7, 11) is -3.64. The van der Waals surface area contributed by atoms with Gasteiger partial charge in [0.25, 0.3) is 10.0 Å². The third-order valence-electron chi connectivity index (χ3n) is 9.37. The average Bonchev–Trinajstić information content (AvgIpc) is 3.86. The smallest absolute Gasteiger partial charge is 0.268 e. The molecule has 2 aromatic heterocycles. The Labute approximate surface area is 335 Å². The van der Waals surface area contributed by atoms with Crippen molar-refractivity contribution in [3.05, 3.63) is 127 Å². The Morgan fingerprint density at radius 1 is 0.696 bits per heavy atom. The zero-order valence-electron chi connectivity index (χ0n) is 31.5. The number of carbonyl (C=O) groups excluding carboxylic acids is 1. The highest BCUT2D eigenvalue weighted by Crippen LogP contribution is 2.30. The Hall–Kier alpha value is -4.69. The molecule has 8 rings (SSSR count). The van der Waals surface area contributed by atoms with Gasteiger partial charge in [0.1, 0.15) is 30.5 Å². The number of halogens is 1. The first kappa shape index (κ1) is 42.5. The molecule has 2 aliphatic heterocycles. The molecule has 4 heterocycles. The van der Waals surface area contributed by atoms with Crippen molar-refractivity contribution in [3.8, 4) is 11.5 Å². The Bertz CT molecular complexity index is 2200. The van der Waals surface area contributed by atoms with Gasteiger partial charge in [0.05, 0.1) is 29.1 Å². The summed E-state index contributed by atoms with van der Waals surface area (Å²) >= 11 is 0. The molecule has 13 heteroatoms. The summed E-state index contributed by atoms with van der Waals surface area (Å²) in [5.74, 6) is 1.93. The first-order valence-electron chi connectivity index (χ1n) is 18.8. The molecule has 0 bridgehead atoms. The van der Waals surface area contributed by atoms with E-state index in [2.05, 4.69) is 52.5 Å². The second-order valence-corrected chi connectivity index (χ2v) is 15.0. The van der Waals surface area contributed by atoms with Gasteiger partial charge in [0.15, 0.2) is 0 Å². The van der Waals surface area contributed by atoms with E-state index < -0.39 is 10.0 Å². The van der Waals surface area contributed by atoms with Gasteiger partial charge in [-0.15, -0.1) is 12.4 Å². The topological polar surface area (TPSA) is 136 Å². The van der Waals surface area contributed by atoms with Crippen molar-refractivity contribution in [3.63, 3.8) is 0 Å². The van der Waals surface area contributed by atoms with Crippen LogP contribution in [0.15, 0.2) is 126 Å². The maximum Gasteiger partial charge on any atom is 0.268 e. The Kier molecular flexibility index (Phi) is 16.4. The lowest BCUT2D eigenvalue weighted by atomic mass is 10.1. The highest BCUT2D eigenvalue weighted by Gasteiger charge is 2.20. The molecule has 0 amide bonds. The van der Waals surface area contributed by atoms with E-state index in [-0.39, 0.29) is 17.3 Å². The molecule has 0 spiro atoms. The van der Waals surface area contributed by atoms with Crippen LogP contribution < -0.4 is 20.5 Å². The van der Waals surface area contributed by atoms with Gasteiger partial charge in [-0.05, 0) is 66.9 Å². The van der Waals surface area contributed by atoms with Gasteiger partial charge in [-0.25, -0.2) is 12.4 Å². The number of ether oxygens (including phenoxy) is 4. The summed E-state index contributed by atoms with van der Waals surface area (Å²) in [5.41, 5.74) is 8.58. The molecule has 0 atom stereocenters. The molecule has 298 valence electrons. The van der Waals surface area contributed by atoms with E-state index in [9.17, 15) is 13.2 Å². The number of hydrogen-bond donors (Lipinski definition) is 2. The van der Waals surface area contributed by atoms with E-state index in [1.807, 2.05) is 30.3 Å². The van der Waals surface area contributed by atoms with Gasteiger partial charge in [-0.2, -0.15) is 0 Å². The maximum atomic E-state index is 13.0. The highest BCUT2D eigenvalue weighted by atomic mass is 35.5. The molecule has 2 fully saturated rings. The van der Waals surface area contributed by atoms with Crippen LogP contribution in [0.1, 0.15) is 31.2 Å². The average molecular weight is 803 g/mol. The van der Waals surface area contributed by atoms with Crippen LogP contribution in [0.25, 0.3) is 21.8 Å². The summed E-state index contributed by atoms with van der Waals surface area (Å²) in [6.07, 6.45) is 6.98. The van der Waals surface area contributed by atoms with Crippen molar-refractivity contribution in [1.82, 2.24) is 13.9 Å². The molecule has 0 unspecified atom stereocenters. The van der Waals surface area contributed by atoms with Crippen LogP contribution in [0.5, 0.6) is 11.5 Å². The number of aromatic nitrogens is 2. The molecular weight excluding hydrogens is 752 g/mol. The summed E-state index contributed by atoms with van der Waals surface area (Å²) in [4.78, 5) is 10.6. The first-order valence-corrected chi connectivity index (χ1v) is 20.3. The van der Waals surface area contributed by atoms with Crippen molar-refractivity contribution in [2.45, 2.75) is 43.2 Å². The van der Waals surface area contributed by atoms with E-state index in [1.165, 1.54) is 15.1 Å². The third-order valence-corrected chi connectivity index (χ3v) is 11.1. The Balaban J connectivity index is 0.000000186. The molecule has 6 aromatic rings. The number of nitrogens with two attached hydrogens (primary N) is 1. The molecule has 3 N–H and O–H groups in total. The van der Waals surface area contributed by atoms with E-state index in [4.69, 9.17) is 24.7 Å². The van der Waals surface area contributed by atoms with Crippen molar-refractivity contribution >= 4 is 50.0 Å². The number of Topliss-reactive ketones (excluding diaryl/α,β-unsaturated/α-hetero) is 1. The minimum Gasteiger partial charge on any atom is -0.492 e. The largest absolute Gasteiger partial charge is 0.492 e. The van der Waals surface area contributed by atoms with Crippen molar-refractivity contribution in [1.29, 1.82) is 0 Å². The van der Waals surface area contributed by atoms with E-state index in [1.54, 1.807) is 48.7 Å². The SMILES string of the molecule is Cl.NCCOc1cccc2c1ccn2Cc1ccccc1.O=C1CCOCC1.O=S(=O)(c1ccccc1)n1ccc2c(OCCNC3CCOCC3)cccc21. The second kappa shape index (κ2) is 21.6. The number of carbonyl (C=O) groups is 1. The number of fused-ring (bicyclic) bond motifs is 2. The monoisotopic (exact) mass is 802 g/mol. The van der Waals surface area contributed by atoms with Gasteiger partial charge in [0, 0.05) is 74.9 Å². The van der Waals surface area contributed by atoms with Crippen LogP contribution in [0.4, 0.5) is 0 Å². The van der Waals surface area contributed by atoms with Crippen LogP contribution in [0.3, 0.4) is 0 Å². The maximum absolute atomic E-state index is 13.0. The predicted molar refractivity (Wildman–Crippen MR) is 223 cm³/mol. The number of rotatable bonds is 12. The third kappa shape index (κ3) is 11.4. The molecule has 0 radical (unpaired) electrons. The van der Waals surface area contributed by atoms with E-state index >= 15 is 0 Å². The fourth-order valence-corrected chi connectivity index (χ4v) is 7.86. The van der Waals surface area contributed by atoms with Crippen molar-refractivity contribution in [2.24, 2.45) is 5.73 Å². The number of hydrogen-bond acceptors (Lipinski definition) is 9. The summed E-state index contributed by atoms with van der Waals surface area (Å²) < 4.78 is 51.4. The van der Waals surface area contributed by atoms with Crippen LogP contribution in [-0.4, -0.2) is 81.5 Å². The standard InChI is InChI=1S/C21H24N2O4S.C17H18N2O.C5H8O2.ClH/c24-28(25,18-5-2-1-3-6-18)23-13-9-19-20(23)7-4-8-21(19)27-16-12-22-17-10-14-26-15-11-17;18-10-12-20-17-8-4-7-16-15(17)9-11-19(16)13-14-5-2-1-3-6-14;6-5-1-3-7-4-2-5;/h1-9,13,17,22H,10-12,14-16H2;1-9,11H,10,12-13,18H2;1-4H2;1H. The minimum atomic E-state index is -3.64. The lowest BCUT2D eigenvalue weighted by molar-refractivity contribution is -0.124. The normalized spacial score (nSPS) is 14.6. The van der Waals surface area contributed by atoms with Crippen LogP contribution in [0.2, 0.25) is 0 Å². The number of nitrogens with one attached hydrogen (secondary N) is 1. The molecule has 0 saturated carbocycles. The summed E-state index contributed by atoms with van der Waals surface area (Å²) in [6.45, 7) is 6.09. The van der Waals surface area contributed by atoms with Crippen LogP contribution in [-0.2, 0) is 30.8 Å². The lowest BCUT2D eigenvalue weighted by Crippen LogP contribution is -2.37. The predicted octanol–water partition coefficient (Wildman–Crippen LogP) is 6.84. The highest BCUT2D eigenvalue weighted by molar-refractivity contribution is 7.90. The number of benzene rings is 4. The molecule has 2 saturated heterocycles. The fraction of sp³-hybridized carbons (Fsp3) is 0.326. The number of ketones is 1. The van der Waals surface area contributed by atoms with Crippen molar-refractivity contribution < 1.29 is 32.2 Å². The fourth-order valence-electron chi connectivity index (χ4n) is 6.49. The molecular formula is C43H51ClN4O7S. The molecule has 56 heavy (non-hydrogen) atoms. The zero-order valence-corrected chi connectivity index (χ0v) is 33.1. The van der Waals surface area contributed by atoms with E-state index in [0.29, 0.717) is 68.9 Å². The Morgan fingerprint density at radius 3 is 1.93 bits per heavy atom. The lowest BCUT2D eigenvalue weighted by Gasteiger charge is -2.23. The Morgan fingerprint density at radius 2 is 1.29 bits per heavy atom. The minimum absolute atomic E-state index is 0. The quantitative estimate of drug-likeness (QED) is 0.128. The van der Waals surface area contributed by atoms with Gasteiger partial charge < -0.3 is 34.6 Å². The molecule has 0 aliphatic carbocycles. The number of nitrogens with zero attached hydrogens (tertiary/aromatic N) is 2.